The number of hydrogen-bond donors (Lipinski definition) is 0. The second-order valence-electron chi connectivity index (χ2n) is 4.32. The van der Waals surface area contributed by atoms with Gasteiger partial charge in [-0.05, 0) is 18.1 Å². The predicted molar refractivity (Wildman–Crippen MR) is 65.7 cm³/mol. The fraction of sp³-hybridized carbons (Fsp3) is 0.333. The van der Waals surface area contributed by atoms with Crippen LogP contribution in [0.2, 0.25) is 0 Å². The van der Waals surface area contributed by atoms with Crippen LogP contribution in [0.5, 0.6) is 0 Å². The molecule has 18 heavy (non-hydrogen) atoms. The SMILES string of the molecule is CC(C)c1conc1CS(=O)(=O)c1cccnc1. The van der Waals surface area contributed by atoms with E-state index in [1.165, 1.54) is 24.7 Å². The van der Waals surface area contributed by atoms with Crippen molar-refractivity contribution < 1.29 is 12.9 Å². The van der Waals surface area contributed by atoms with Crippen molar-refractivity contribution in [3.63, 3.8) is 0 Å². The van der Waals surface area contributed by atoms with Gasteiger partial charge in [0.2, 0.25) is 0 Å². The summed E-state index contributed by atoms with van der Waals surface area (Å²) in [4.78, 5) is 4.01. The van der Waals surface area contributed by atoms with Gasteiger partial charge in [0.05, 0.1) is 4.90 Å². The van der Waals surface area contributed by atoms with E-state index < -0.39 is 9.84 Å². The van der Waals surface area contributed by atoms with Crippen LogP contribution in [-0.4, -0.2) is 18.6 Å². The molecule has 2 rings (SSSR count). The first-order valence-corrected chi connectivity index (χ1v) is 7.22. The normalized spacial score (nSPS) is 11.9. The summed E-state index contributed by atoms with van der Waals surface area (Å²) in [6, 6.07) is 3.12. The van der Waals surface area contributed by atoms with Gasteiger partial charge in [0, 0.05) is 18.0 Å². The average molecular weight is 266 g/mol. The average Bonchev–Trinajstić information content (AvgIpc) is 2.78. The zero-order valence-electron chi connectivity index (χ0n) is 10.2. The van der Waals surface area contributed by atoms with E-state index in [2.05, 4.69) is 10.1 Å². The van der Waals surface area contributed by atoms with Gasteiger partial charge < -0.3 is 4.52 Å². The molecule has 0 bridgehead atoms. The number of hydrogen-bond acceptors (Lipinski definition) is 5. The van der Waals surface area contributed by atoms with Crippen LogP contribution in [0, 0.1) is 0 Å². The Bertz CT molecular complexity index is 618. The molecule has 5 nitrogen and oxygen atoms in total. The highest BCUT2D eigenvalue weighted by atomic mass is 32.2. The lowest BCUT2D eigenvalue weighted by Crippen LogP contribution is -2.07. The van der Waals surface area contributed by atoms with Crippen molar-refractivity contribution >= 4 is 9.84 Å². The van der Waals surface area contributed by atoms with Crippen LogP contribution in [0.15, 0.2) is 40.2 Å². The highest BCUT2D eigenvalue weighted by molar-refractivity contribution is 7.90. The smallest absolute Gasteiger partial charge is 0.185 e. The molecule has 2 aromatic rings. The molecule has 0 aliphatic rings. The molecule has 0 aromatic carbocycles. The molecule has 2 aromatic heterocycles. The maximum Gasteiger partial charge on any atom is 0.185 e. The van der Waals surface area contributed by atoms with E-state index >= 15 is 0 Å². The third-order valence-electron chi connectivity index (χ3n) is 2.62. The molecule has 0 unspecified atom stereocenters. The Morgan fingerprint density at radius 1 is 1.39 bits per heavy atom. The van der Waals surface area contributed by atoms with Crippen molar-refractivity contribution in [3.8, 4) is 0 Å². The summed E-state index contributed by atoms with van der Waals surface area (Å²) < 4.78 is 29.2. The minimum absolute atomic E-state index is 0.164. The Labute approximate surface area is 106 Å². The Morgan fingerprint density at radius 3 is 2.78 bits per heavy atom. The molecule has 0 radical (unpaired) electrons. The minimum atomic E-state index is -3.42. The number of sulfone groups is 1. The molecular formula is C12H14N2O3S. The van der Waals surface area contributed by atoms with Crippen molar-refractivity contribution in [1.29, 1.82) is 0 Å². The van der Waals surface area contributed by atoms with Gasteiger partial charge in [0.25, 0.3) is 0 Å². The van der Waals surface area contributed by atoms with Crippen molar-refractivity contribution in [3.05, 3.63) is 42.0 Å². The molecule has 96 valence electrons. The molecule has 0 aliphatic carbocycles. The molecule has 0 atom stereocenters. The molecule has 0 amide bonds. The van der Waals surface area contributed by atoms with Gasteiger partial charge in [-0.15, -0.1) is 0 Å². The van der Waals surface area contributed by atoms with Gasteiger partial charge in [0.1, 0.15) is 17.7 Å². The third kappa shape index (κ3) is 2.59. The van der Waals surface area contributed by atoms with Gasteiger partial charge in [0.15, 0.2) is 9.84 Å². The Hall–Kier alpha value is -1.69. The van der Waals surface area contributed by atoms with E-state index in [-0.39, 0.29) is 16.6 Å². The van der Waals surface area contributed by atoms with Crippen LogP contribution in [-0.2, 0) is 15.6 Å². The molecule has 0 saturated carbocycles. The van der Waals surface area contributed by atoms with Crippen molar-refractivity contribution in [1.82, 2.24) is 10.1 Å². The Morgan fingerprint density at radius 2 is 2.17 bits per heavy atom. The molecule has 6 heteroatoms. The van der Waals surface area contributed by atoms with E-state index in [9.17, 15) is 8.42 Å². The number of aromatic nitrogens is 2. The molecule has 0 aliphatic heterocycles. The van der Waals surface area contributed by atoms with Crippen LogP contribution < -0.4 is 0 Å². The van der Waals surface area contributed by atoms with Gasteiger partial charge >= 0.3 is 0 Å². The lowest BCUT2D eigenvalue weighted by atomic mass is 10.1. The van der Waals surface area contributed by atoms with Crippen LogP contribution in [0.25, 0.3) is 0 Å². The van der Waals surface area contributed by atoms with Crippen LogP contribution in [0.4, 0.5) is 0 Å². The second-order valence-corrected chi connectivity index (χ2v) is 6.31. The minimum Gasteiger partial charge on any atom is -0.364 e. The number of pyridine rings is 1. The van der Waals surface area contributed by atoms with E-state index in [4.69, 9.17) is 4.52 Å². The molecule has 0 N–H and O–H groups in total. The van der Waals surface area contributed by atoms with Crippen LogP contribution in [0.3, 0.4) is 0 Å². The number of nitrogens with zero attached hydrogens (tertiary/aromatic N) is 2. The number of rotatable bonds is 4. The van der Waals surface area contributed by atoms with E-state index in [1.807, 2.05) is 13.8 Å². The summed E-state index contributed by atoms with van der Waals surface area (Å²) in [5.74, 6) is 0.0123. The van der Waals surface area contributed by atoms with E-state index in [1.54, 1.807) is 6.07 Å². The third-order valence-corrected chi connectivity index (χ3v) is 4.23. The summed E-state index contributed by atoms with van der Waals surface area (Å²) in [5.41, 5.74) is 1.29. The maximum absolute atomic E-state index is 12.2. The molecule has 0 spiro atoms. The largest absolute Gasteiger partial charge is 0.364 e. The van der Waals surface area contributed by atoms with Gasteiger partial charge in [-0.2, -0.15) is 0 Å². The van der Waals surface area contributed by atoms with Gasteiger partial charge in [-0.25, -0.2) is 8.42 Å². The topological polar surface area (TPSA) is 73.1 Å². The summed E-state index contributed by atoms with van der Waals surface area (Å²) in [6.45, 7) is 3.93. The molecule has 2 heterocycles. The highest BCUT2D eigenvalue weighted by Crippen LogP contribution is 2.22. The van der Waals surface area contributed by atoms with E-state index in [0.29, 0.717) is 5.69 Å². The van der Waals surface area contributed by atoms with E-state index in [0.717, 1.165) is 5.56 Å². The fourth-order valence-electron chi connectivity index (χ4n) is 1.64. The Kier molecular flexibility index (Phi) is 3.47. The first-order valence-electron chi connectivity index (χ1n) is 5.56. The lowest BCUT2D eigenvalue weighted by Gasteiger charge is -2.05. The Balaban J connectivity index is 2.32. The standard InChI is InChI=1S/C12H14N2O3S/c1-9(2)11-7-17-14-12(11)8-18(15,16)10-4-3-5-13-6-10/h3-7,9H,8H2,1-2H3. The van der Waals surface area contributed by atoms with Crippen molar-refractivity contribution in [2.45, 2.75) is 30.4 Å². The van der Waals surface area contributed by atoms with Crippen molar-refractivity contribution in [2.24, 2.45) is 0 Å². The monoisotopic (exact) mass is 266 g/mol. The molecule has 0 saturated heterocycles. The van der Waals surface area contributed by atoms with Gasteiger partial charge in [-0.1, -0.05) is 19.0 Å². The summed E-state index contributed by atoms with van der Waals surface area (Å²) in [7, 11) is -3.42. The molecule has 0 fully saturated rings. The van der Waals surface area contributed by atoms with Crippen molar-refractivity contribution in [2.75, 3.05) is 0 Å². The highest BCUT2D eigenvalue weighted by Gasteiger charge is 2.21. The lowest BCUT2D eigenvalue weighted by molar-refractivity contribution is 0.413. The summed E-state index contributed by atoms with van der Waals surface area (Å²) in [6.07, 6.45) is 4.37. The quantitative estimate of drug-likeness (QED) is 0.848. The molecular weight excluding hydrogens is 252 g/mol. The first-order chi connectivity index (χ1) is 8.50. The maximum atomic E-state index is 12.2. The zero-order valence-corrected chi connectivity index (χ0v) is 11.0. The summed E-state index contributed by atoms with van der Waals surface area (Å²) >= 11 is 0. The zero-order chi connectivity index (χ0) is 13.2. The summed E-state index contributed by atoms with van der Waals surface area (Å²) in [5, 5.41) is 3.77. The van der Waals surface area contributed by atoms with Gasteiger partial charge in [-0.3, -0.25) is 4.98 Å². The fourth-order valence-corrected chi connectivity index (χ4v) is 2.89. The second kappa shape index (κ2) is 4.89. The van der Waals surface area contributed by atoms with Crippen LogP contribution >= 0.6 is 0 Å². The van der Waals surface area contributed by atoms with Crippen LogP contribution in [0.1, 0.15) is 31.0 Å². The first kappa shape index (κ1) is 12.8. The predicted octanol–water partition coefficient (Wildman–Crippen LogP) is 2.17.